The molecule has 0 fully saturated rings. The first kappa shape index (κ1) is 14.5. The molecular formula is C15H12FNO4. The molecule has 0 aromatic heterocycles. The van der Waals surface area contributed by atoms with Gasteiger partial charge in [-0.15, -0.1) is 0 Å². The fraction of sp³-hybridized carbons (Fsp3) is 0.0667. The van der Waals surface area contributed by atoms with Crippen molar-refractivity contribution in [3.8, 4) is 5.75 Å². The van der Waals surface area contributed by atoms with Gasteiger partial charge in [0.05, 0.1) is 11.1 Å². The number of aromatic hydroxyl groups is 1. The van der Waals surface area contributed by atoms with Crippen molar-refractivity contribution in [2.24, 2.45) is 0 Å². The summed E-state index contributed by atoms with van der Waals surface area (Å²) in [5.41, 5.74) is 0.469. The Morgan fingerprint density at radius 1 is 1.14 bits per heavy atom. The Hall–Kier alpha value is -2.89. The molecule has 1 amide bonds. The molecule has 0 bridgehead atoms. The summed E-state index contributed by atoms with van der Waals surface area (Å²) in [6, 6.07) is 7.59. The van der Waals surface area contributed by atoms with Crippen LogP contribution >= 0.6 is 0 Å². The van der Waals surface area contributed by atoms with Crippen LogP contribution in [-0.4, -0.2) is 22.1 Å². The minimum atomic E-state index is -1.11. The lowest BCUT2D eigenvalue weighted by molar-refractivity contribution is 0.0695. The summed E-state index contributed by atoms with van der Waals surface area (Å²) in [4.78, 5) is 23.0. The number of carboxylic acids is 1. The maximum Gasteiger partial charge on any atom is 0.336 e. The van der Waals surface area contributed by atoms with E-state index in [-0.39, 0.29) is 22.6 Å². The van der Waals surface area contributed by atoms with Crippen molar-refractivity contribution in [1.82, 2.24) is 0 Å². The van der Waals surface area contributed by atoms with Crippen LogP contribution < -0.4 is 5.32 Å². The molecular weight excluding hydrogens is 277 g/mol. The molecule has 0 heterocycles. The van der Waals surface area contributed by atoms with Gasteiger partial charge in [-0.2, -0.15) is 0 Å². The molecule has 6 heteroatoms. The highest BCUT2D eigenvalue weighted by molar-refractivity contribution is 6.05. The number of benzene rings is 2. The van der Waals surface area contributed by atoms with Gasteiger partial charge in [-0.1, -0.05) is 6.07 Å². The summed E-state index contributed by atoms with van der Waals surface area (Å²) in [5.74, 6) is -2.98. The van der Waals surface area contributed by atoms with Crippen LogP contribution in [0.15, 0.2) is 36.4 Å². The van der Waals surface area contributed by atoms with Gasteiger partial charge in [-0.3, -0.25) is 4.79 Å². The van der Waals surface area contributed by atoms with Crippen molar-refractivity contribution in [2.75, 3.05) is 5.32 Å². The predicted octanol–water partition coefficient (Wildman–Crippen LogP) is 2.79. The Morgan fingerprint density at radius 3 is 2.48 bits per heavy atom. The first-order valence-electron chi connectivity index (χ1n) is 6.03. The van der Waals surface area contributed by atoms with Gasteiger partial charge < -0.3 is 15.5 Å². The fourth-order valence-electron chi connectivity index (χ4n) is 1.88. The number of phenolic OH excluding ortho intramolecular Hbond substituents is 1. The van der Waals surface area contributed by atoms with Gasteiger partial charge in [0.2, 0.25) is 0 Å². The maximum absolute atomic E-state index is 13.6. The van der Waals surface area contributed by atoms with Gasteiger partial charge in [0.25, 0.3) is 5.91 Å². The Balaban J connectivity index is 2.32. The van der Waals surface area contributed by atoms with Gasteiger partial charge in [0.1, 0.15) is 11.6 Å². The van der Waals surface area contributed by atoms with Gasteiger partial charge in [0, 0.05) is 11.8 Å². The van der Waals surface area contributed by atoms with Crippen LogP contribution in [-0.2, 0) is 0 Å². The lowest BCUT2D eigenvalue weighted by Crippen LogP contribution is -2.15. The first-order chi connectivity index (χ1) is 9.90. The third kappa shape index (κ3) is 3.00. The van der Waals surface area contributed by atoms with Gasteiger partial charge >= 0.3 is 5.97 Å². The average Bonchev–Trinajstić information content (AvgIpc) is 2.40. The molecule has 108 valence electrons. The Morgan fingerprint density at radius 2 is 1.86 bits per heavy atom. The third-order valence-corrected chi connectivity index (χ3v) is 3.01. The highest BCUT2D eigenvalue weighted by Crippen LogP contribution is 2.21. The van der Waals surface area contributed by atoms with E-state index in [4.69, 9.17) is 10.2 Å². The van der Waals surface area contributed by atoms with E-state index in [0.29, 0.717) is 5.56 Å². The van der Waals surface area contributed by atoms with Gasteiger partial charge in [-0.05, 0) is 36.8 Å². The number of carbonyl (C=O) groups excluding carboxylic acids is 1. The quantitative estimate of drug-likeness (QED) is 0.811. The molecule has 0 radical (unpaired) electrons. The molecule has 3 N–H and O–H groups in total. The molecule has 0 unspecified atom stereocenters. The number of hydrogen-bond acceptors (Lipinski definition) is 3. The second kappa shape index (κ2) is 5.62. The van der Waals surface area contributed by atoms with Crippen LogP contribution in [0.1, 0.15) is 26.3 Å². The van der Waals surface area contributed by atoms with E-state index in [1.54, 1.807) is 6.92 Å². The number of halogens is 1. The number of aromatic carboxylic acids is 1. The molecule has 0 aliphatic heterocycles. The zero-order chi connectivity index (χ0) is 15.6. The fourth-order valence-corrected chi connectivity index (χ4v) is 1.88. The largest absolute Gasteiger partial charge is 0.508 e. The standard InChI is InChI=1S/C15H12FNO4/c1-8-10(15(20)21)3-2-4-13(8)17-14(19)11-6-5-9(18)7-12(11)16/h2-7,18H,1H3,(H,17,19)(H,20,21). The number of carbonyl (C=O) groups is 2. The number of hydrogen-bond donors (Lipinski definition) is 3. The van der Waals surface area contributed by atoms with E-state index < -0.39 is 17.7 Å². The number of amides is 1. The second-order valence-corrected chi connectivity index (χ2v) is 4.40. The minimum Gasteiger partial charge on any atom is -0.508 e. The molecule has 0 spiro atoms. The van der Waals surface area contributed by atoms with Crippen LogP contribution in [0.5, 0.6) is 5.75 Å². The van der Waals surface area contributed by atoms with Crippen molar-refractivity contribution < 1.29 is 24.2 Å². The number of nitrogens with one attached hydrogen (secondary N) is 1. The maximum atomic E-state index is 13.6. The molecule has 2 rings (SSSR count). The van der Waals surface area contributed by atoms with Crippen molar-refractivity contribution in [2.45, 2.75) is 6.92 Å². The highest BCUT2D eigenvalue weighted by atomic mass is 19.1. The van der Waals surface area contributed by atoms with Crippen LogP contribution in [0.2, 0.25) is 0 Å². The van der Waals surface area contributed by atoms with Crippen LogP contribution in [0.3, 0.4) is 0 Å². The van der Waals surface area contributed by atoms with Crippen molar-refractivity contribution in [1.29, 1.82) is 0 Å². The Kier molecular flexibility index (Phi) is 3.89. The minimum absolute atomic E-state index is 0.0546. The molecule has 0 saturated carbocycles. The lowest BCUT2D eigenvalue weighted by Gasteiger charge is -2.11. The normalized spacial score (nSPS) is 10.2. The van der Waals surface area contributed by atoms with E-state index in [1.807, 2.05) is 0 Å². The van der Waals surface area contributed by atoms with Crippen LogP contribution in [0, 0.1) is 12.7 Å². The van der Waals surface area contributed by atoms with Gasteiger partial charge in [0.15, 0.2) is 0 Å². The van der Waals surface area contributed by atoms with E-state index in [9.17, 15) is 14.0 Å². The molecule has 2 aromatic carbocycles. The predicted molar refractivity (Wildman–Crippen MR) is 74.2 cm³/mol. The van der Waals surface area contributed by atoms with E-state index in [2.05, 4.69) is 5.32 Å². The molecule has 5 nitrogen and oxygen atoms in total. The first-order valence-corrected chi connectivity index (χ1v) is 6.03. The molecule has 0 saturated heterocycles. The van der Waals surface area contributed by atoms with Gasteiger partial charge in [-0.25, -0.2) is 9.18 Å². The summed E-state index contributed by atoms with van der Waals surface area (Å²) < 4.78 is 13.6. The summed E-state index contributed by atoms with van der Waals surface area (Å²) in [5, 5.41) is 20.6. The number of rotatable bonds is 3. The summed E-state index contributed by atoms with van der Waals surface area (Å²) in [6.07, 6.45) is 0. The summed E-state index contributed by atoms with van der Waals surface area (Å²) in [6.45, 7) is 1.55. The Labute approximate surface area is 119 Å². The summed E-state index contributed by atoms with van der Waals surface area (Å²) >= 11 is 0. The van der Waals surface area contributed by atoms with E-state index in [1.165, 1.54) is 24.3 Å². The summed E-state index contributed by atoms with van der Waals surface area (Å²) in [7, 11) is 0. The lowest BCUT2D eigenvalue weighted by atomic mass is 10.1. The second-order valence-electron chi connectivity index (χ2n) is 4.40. The molecule has 2 aromatic rings. The van der Waals surface area contributed by atoms with Crippen molar-refractivity contribution >= 4 is 17.6 Å². The topological polar surface area (TPSA) is 86.6 Å². The molecule has 0 aliphatic carbocycles. The highest BCUT2D eigenvalue weighted by Gasteiger charge is 2.15. The van der Waals surface area contributed by atoms with E-state index >= 15 is 0 Å². The monoisotopic (exact) mass is 289 g/mol. The SMILES string of the molecule is Cc1c(NC(=O)c2ccc(O)cc2F)cccc1C(=O)O. The smallest absolute Gasteiger partial charge is 0.336 e. The molecule has 0 aliphatic rings. The van der Waals surface area contributed by atoms with Crippen LogP contribution in [0.25, 0.3) is 0 Å². The number of carboxylic acid groups (broad SMARTS) is 1. The molecule has 21 heavy (non-hydrogen) atoms. The van der Waals surface area contributed by atoms with Crippen molar-refractivity contribution in [3.05, 3.63) is 58.9 Å². The Bertz CT molecular complexity index is 728. The zero-order valence-corrected chi connectivity index (χ0v) is 11.1. The van der Waals surface area contributed by atoms with Crippen molar-refractivity contribution in [3.63, 3.8) is 0 Å². The molecule has 0 atom stereocenters. The number of anilines is 1. The number of phenols is 1. The average molecular weight is 289 g/mol. The zero-order valence-electron chi connectivity index (χ0n) is 11.1. The van der Waals surface area contributed by atoms with E-state index in [0.717, 1.165) is 12.1 Å². The third-order valence-electron chi connectivity index (χ3n) is 3.01. The van der Waals surface area contributed by atoms with Crippen LogP contribution in [0.4, 0.5) is 10.1 Å².